The number of carbonyl (C=O) groups excluding carboxylic acids is 1. The van der Waals surface area contributed by atoms with Crippen LogP contribution in [0.3, 0.4) is 0 Å². The lowest BCUT2D eigenvalue weighted by Gasteiger charge is -2.39. The maximum absolute atomic E-state index is 11.7. The zero-order valence-electron chi connectivity index (χ0n) is 17.0. The van der Waals surface area contributed by atoms with Gasteiger partial charge < -0.3 is 9.47 Å². The van der Waals surface area contributed by atoms with Crippen LogP contribution in [0.25, 0.3) is 0 Å². The van der Waals surface area contributed by atoms with E-state index in [9.17, 15) is 4.79 Å². The molecule has 1 saturated heterocycles. The van der Waals surface area contributed by atoms with Gasteiger partial charge in [0.05, 0.1) is 5.60 Å². The Morgan fingerprint density at radius 3 is 2.52 bits per heavy atom. The van der Waals surface area contributed by atoms with Crippen LogP contribution in [-0.4, -0.2) is 23.3 Å². The van der Waals surface area contributed by atoms with Crippen molar-refractivity contribution in [2.45, 2.75) is 104 Å². The topological polar surface area (TPSA) is 35.5 Å². The number of rotatable bonds is 2. The van der Waals surface area contributed by atoms with Gasteiger partial charge in [-0.15, -0.1) is 0 Å². The molecule has 3 heteroatoms. The Balaban J connectivity index is 2.35. The fourth-order valence-electron chi connectivity index (χ4n) is 4.18. The van der Waals surface area contributed by atoms with E-state index in [0.717, 1.165) is 44.9 Å². The molecule has 0 unspecified atom stereocenters. The van der Waals surface area contributed by atoms with Crippen LogP contribution in [0.15, 0.2) is 23.3 Å². The molecule has 3 nitrogen and oxygen atoms in total. The van der Waals surface area contributed by atoms with Crippen LogP contribution >= 0.6 is 0 Å². The maximum Gasteiger partial charge on any atom is 0.303 e. The van der Waals surface area contributed by atoms with Crippen LogP contribution in [0.1, 0.15) is 86.5 Å². The fourth-order valence-corrected chi connectivity index (χ4v) is 4.18. The number of ether oxygens (including phenoxy) is 2. The van der Waals surface area contributed by atoms with Gasteiger partial charge in [0.2, 0.25) is 0 Å². The van der Waals surface area contributed by atoms with Crippen LogP contribution < -0.4 is 0 Å². The molecule has 0 aromatic heterocycles. The molecule has 2 aliphatic heterocycles. The molecular formula is C22H36O3. The Kier molecular flexibility index (Phi) is 6.53. The van der Waals surface area contributed by atoms with Crippen molar-refractivity contribution in [1.29, 1.82) is 0 Å². The summed E-state index contributed by atoms with van der Waals surface area (Å²) >= 11 is 0. The lowest BCUT2D eigenvalue weighted by atomic mass is 9.82. The smallest absolute Gasteiger partial charge is 0.303 e. The zero-order chi connectivity index (χ0) is 18.7. The molecule has 2 bridgehead atoms. The molecule has 0 spiro atoms. The minimum Gasteiger partial charge on any atom is -0.459 e. The molecule has 2 aliphatic rings. The largest absolute Gasteiger partial charge is 0.459 e. The molecule has 0 aliphatic carbocycles. The third-order valence-corrected chi connectivity index (χ3v) is 6.15. The van der Waals surface area contributed by atoms with E-state index >= 15 is 0 Å². The summed E-state index contributed by atoms with van der Waals surface area (Å²) in [5, 5.41) is 0. The monoisotopic (exact) mass is 348 g/mol. The highest BCUT2D eigenvalue weighted by Crippen LogP contribution is 2.48. The van der Waals surface area contributed by atoms with Crippen LogP contribution in [0.5, 0.6) is 0 Å². The molecular weight excluding hydrogens is 312 g/mol. The predicted octanol–water partition coefficient (Wildman–Crippen LogP) is 5.74. The second kappa shape index (κ2) is 8.07. The second-order valence-corrected chi connectivity index (χ2v) is 8.61. The minimum atomic E-state index is -0.397. The molecule has 0 radical (unpaired) electrons. The van der Waals surface area contributed by atoms with E-state index in [1.54, 1.807) is 0 Å². The normalized spacial score (nSPS) is 38.6. The summed E-state index contributed by atoms with van der Waals surface area (Å²) in [5.74, 6) is 0.222. The minimum absolute atomic E-state index is 0.148. The zero-order valence-corrected chi connectivity index (χ0v) is 17.0. The van der Waals surface area contributed by atoms with Crippen molar-refractivity contribution in [3.8, 4) is 0 Å². The summed E-state index contributed by atoms with van der Waals surface area (Å²) in [5.41, 5.74) is 2.27. The lowest BCUT2D eigenvalue weighted by molar-refractivity contribution is -0.186. The molecule has 1 fully saturated rings. The van der Waals surface area contributed by atoms with E-state index in [0.29, 0.717) is 5.92 Å². The first-order valence-electron chi connectivity index (χ1n) is 9.85. The van der Waals surface area contributed by atoms with Crippen LogP contribution in [0.4, 0.5) is 0 Å². The van der Waals surface area contributed by atoms with E-state index in [4.69, 9.17) is 9.47 Å². The Bertz CT molecular complexity index is 545. The van der Waals surface area contributed by atoms with Crippen LogP contribution in [-0.2, 0) is 14.3 Å². The van der Waals surface area contributed by atoms with Gasteiger partial charge in [0.1, 0.15) is 11.7 Å². The third-order valence-electron chi connectivity index (χ3n) is 6.15. The lowest BCUT2D eigenvalue weighted by Crippen LogP contribution is -2.46. The van der Waals surface area contributed by atoms with E-state index in [2.05, 4.69) is 46.8 Å². The van der Waals surface area contributed by atoms with Gasteiger partial charge in [0.25, 0.3) is 0 Å². The van der Waals surface area contributed by atoms with Gasteiger partial charge in [-0.05, 0) is 71.6 Å². The van der Waals surface area contributed by atoms with Crippen molar-refractivity contribution < 1.29 is 14.3 Å². The molecule has 0 aromatic carbocycles. The Morgan fingerprint density at radius 2 is 1.88 bits per heavy atom. The van der Waals surface area contributed by atoms with E-state index in [1.807, 2.05) is 0 Å². The number of fused-ring (bicyclic) bond motifs is 2. The molecule has 0 N–H and O–H groups in total. The van der Waals surface area contributed by atoms with Crippen molar-refractivity contribution in [3.63, 3.8) is 0 Å². The quantitative estimate of drug-likeness (QED) is 0.471. The number of esters is 1. The van der Waals surface area contributed by atoms with E-state index in [-0.39, 0.29) is 17.7 Å². The second-order valence-electron chi connectivity index (χ2n) is 8.61. The Hall–Kier alpha value is -1.09. The summed E-state index contributed by atoms with van der Waals surface area (Å²) in [4.78, 5) is 11.7. The summed E-state index contributed by atoms with van der Waals surface area (Å²) in [7, 11) is 0. The number of hydrogen-bond acceptors (Lipinski definition) is 3. The summed E-state index contributed by atoms with van der Waals surface area (Å²) < 4.78 is 12.5. The van der Waals surface area contributed by atoms with Crippen LogP contribution in [0.2, 0.25) is 0 Å². The van der Waals surface area contributed by atoms with Crippen molar-refractivity contribution in [2.24, 2.45) is 5.92 Å². The Labute approximate surface area is 153 Å². The summed E-state index contributed by atoms with van der Waals surface area (Å²) in [6.45, 7) is 12.6. The average molecular weight is 349 g/mol. The SMILES string of the molecule is CC(=O)O[C@@H]1CC/C(C)=C/CC/C(C)=C\C[C@@]2(C(C)C)CC[C@@]1(C)O2. The molecule has 0 amide bonds. The van der Waals surface area contributed by atoms with Crippen molar-refractivity contribution in [1.82, 2.24) is 0 Å². The summed E-state index contributed by atoms with van der Waals surface area (Å²) in [6.07, 6.45) is 11.4. The van der Waals surface area contributed by atoms with Gasteiger partial charge in [-0.25, -0.2) is 0 Å². The number of allylic oxidation sites excluding steroid dienone is 3. The molecule has 0 aromatic rings. The first kappa shape index (κ1) is 20.2. The van der Waals surface area contributed by atoms with Gasteiger partial charge in [0.15, 0.2) is 0 Å². The summed E-state index contributed by atoms with van der Waals surface area (Å²) in [6, 6.07) is 0. The van der Waals surface area contributed by atoms with E-state index < -0.39 is 5.60 Å². The predicted molar refractivity (Wildman–Crippen MR) is 102 cm³/mol. The van der Waals surface area contributed by atoms with Gasteiger partial charge in [-0.2, -0.15) is 0 Å². The number of hydrogen-bond donors (Lipinski definition) is 0. The first-order chi connectivity index (χ1) is 11.7. The molecule has 2 heterocycles. The van der Waals surface area contributed by atoms with Gasteiger partial charge in [-0.1, -0.05) is 37.1 Å². The highest BCUT2D eigenvalue weighted by atomic mass is 16.6. The number of carbonyl (C=O) groups is 1. The van der Waals surface area contributed by atoms with Gasteiger partial charge >= 0.3 is 5.97 Å². The molecule has 25 heavy (non-hydrogen) atoms. The van der Waals surface area contributed by atoms with Crippen LogP contribution in [0, 0.1) is 5.92 Å². The highest BCUT2D eigenvalue weighted by molar-refractivity contribution is 5.66. The highest BCUT2D eigenvalue weighted by Gasteiger charge is 2.52. The average Bonchev–Trinajstić information content (AvgIpc) is 2.88. The van der Waals surface area contributed by atoms with Crippen molar-refractivity contribution in [2.75, 3.05) is 0 Å². The molecule has 142 valence electrons. The standard InChI is InChI=1S/C22H36O3/c1-16(2)22-13-12-18(4)9-7-8-17(3)10-11-20(24-19(5)23)21(6,25-22)14-15-22/h8,12,16,20H,7,9-11,13-15H2,1-6H3/b17-8+,18-12-/t20-,21-,22+/m1/s1. The first-order valence-corrected chi connectivity index (χ1v) is 9.85. The van der Waals surface area contributed by atoms with E-state index in [1.165, 1.54) is 18.1 Å². The molecule has 3 atom stereocenters. The Morgan fingerprint density at radius 1 is 1.20 bits per heavy atom. The van der Waals surface area contributed by atoms with Crippen molar-refractivity contribution >= 4 is 5.97 Å². The molecule has 0 saturated carbocycles. The van der Waals surface area contributed by atoms with Gasteiger partial charge in [0, 0.05) is 6.92 Å². The maximum atomic E-state index is 11.7. The van der Waals surface area contributed by atoms with Crippen molar-refractivity contribution in [3.05, 3.63) is 23.3 Å². The third kappa shape index (κ3) is 4.97. The van der Waals surface area contributed by atoms with Gasteiger partial charge in [-0.3, -0.25) is 4.79 Å². The fraction of sp³-hybridized carbons (Fsp3) is 0.773. The molecule has 2 rings (SSSR count).